The molecule has 438 valence electrons. The highest BCUT2D eigenvalue weighted by Gasteiger charge is 2.51. The number of rotatable bonds is 50. The first kappa shape index (κ1) is 68.8. The second-order valence-electron chi connectivity index (χ2n) is 22.2. The number of ether oxygens (including phenoxy) is 4. The van der Waals surface area contributed by atoms with Gasteiger partial charge in [0.05, 0.1) is 32.0 Å². The zero-order valence-corrected chi connectivity index (χ0v) is 47.1. The van der Waals surface area contributed by atoms with E-state index in [2.05, 4.69) is 19.2 Å². The van der Waals surface area contributed by atoms with Gasteiger partial charge in [-0.25, -0.2) is 0 Å². The van der Waals surface area contributed by atoms with Crippen LogP contribution in [0.1, 0.15) is 271 Å². The third kappa shape index (κ3) is 32.0. The average molecular weight is 1060 g/mol. The van der Waals surface area contributed by atoms with Crippen LogP contribution in [-0.4, -0.2) is 140 Å². The predicted octanol–water partition coefficient (Wildman–Crippen LogP) is 10.7. The van der Waals surface area contributed by atoms with E-state index in [0.29, 0.717) is 6.42 Å². The van der Waals surface area contributed by atoms with Gasteiger partial charge in [-0.05, 0) is 19.3 Å². The van der Waals surface area contributed by atoms with Gasteiger partial charge in [0.2, 0.25) is 5.91 Å². The topological polar surface area (TPSA) is 228 Å². The lowest BCUT2D eigenvalue weighted by Gasteiger charge is -2.46. The van der Waals surface area contributed by atoms with Crippen molar-refractivity contribution in [2.45, 2.75) is 344 Å². The van der Waals surface area contributed by atoms with Crippen molar-refractivity contribution >= 4 is 5.91 Å². The van der Waals surface area contributed by atoms with E-state index in [9.17, 15) is 45.6 Å². The van der Waals surface area contributed by atoms with Crippen LogP contribution in [0.3, 0.4) is 0 Å². The molecular weight excluding hydrogens is 943 g/mol. The van der Waals surface area contributed by atoms with Crippen LogP contribution in [0, 0.1) is 0 Å². The molecule has 0 aromatic carbocycles. The number of carbonyl (C=O) groups is 1. The van der Waals surface area contributed by atoms with Crippen molar-refractivity contribution < 1.29 is 64.6 Å². The van der Waals surface area contributed by atoms with Crippen LogP contribution in [0.25, 0.3) is 0 Å². The molecule has 2 heterocycles. The van der Waals surface area contributed by atoms with Crippen molar-refractivity contribution in [3.05, 3.63) is 12.2 Å². The number of hydrogen-bond acceptors (Lipinski definition) is 13. The van der Waals surface area contributed by atoms with Gasteiger partial charge in [0.1, 0.15) is 48.8 Å². The first-order valence-electron chi connectivity index (χ1n) is 30.9. The summed E-state index contributed by atoms with van der Waals surface area (Å²) >= 11 is 0. The fourth-order valence-electron chi connectivity index (χ4n) is 10.5. The monoisotopic (exact) mass is 1060 g/mol. The van der Waals surface area contributed by atoms with Crippen molar-refractivity contribution in [3.8, 4) is 0 Å². The highest BCUT2D eigenvalue weighted by atomic mass is 16.7. The first-order chi connectivity index (χ1) is 36.1. The van der Waals surface area contributed by atoms with Gasteiger partial charge in [-0.3, -0.25) is 4.79 Å². The standard InChI is InChI=1S/C60H115NO13/c1-3-5-7-9-11-13-15-17-19-21-22-23-24-25-26-27-28-29-31-33-35-37-39-41-43-49(64)48(61-52(65)44-42-40-38-36-34-32-30-20-18-16-14-12-10-8-6-4-2)47-71-59-57(70)55(68)58(51(46-63)73-59)74-60-56(69)54(67)53(66)50(45-62)72-60/h41,43,48-51,53-60,62-64,66-70H,3-40,42,44-47H2,1-2H3,(H,61,65)/b43-41+. The second-order valence-corrected chi connectivity index (χ2v) is 22.2. The van der Waals surface area contributed by atoms with E-state index in [-0.39, 0.29) is 18.9 Å². The lowest BCUT2D eigenvalue weighted by atomic mass is 9.97. The zero-order valence-electron chi connectivity index (χ0n) is 47.1. The molecule has 0 aromatic rings. The van der Waals surface area contributed by atoms with E-state index in [4.69, 9.17) is 18.9 Å². The minimum absolute atomic E-state index is 0.234. The Balaban J connectivity index is 1.74. The summed E-state index contributed by atoms with van der Waals surface area (Å²) in [5, 5.41) is 87.1. The molecule has 1 amide bonds. The molecule has 0 radical (unpaired) electrons. The summed E-state index contributed by atoms with van der Waals surface area (Å²) in [5.74, 6) is -0.234. The molecule has 0 bridgehead atoms. The van der Waals surface area contributed by atoms with Gasteiger partial charge in [0.25, 0.3) is 0 Å². The summed E-state index contributed by atoms with van der Waals surface area (Å²) < 4.78 is 22.8. The Labute approximate surface area is 450 Å². The highest BCUT2D eigenvalue weighted by molar-refractivity contribution is 5.76. The van der Waals surface area contributed by atoms with E-state index in [1.807, 2.05) is 6.08 Å². The summed E-state index contributed by atoms with van der Waals surface area (Å²) in [7, 11) is 0. The molecule has 14 nitrogen and oxygen atoms in total. The van der Waals surface area contributed by atoms with Gasteiger partial charge < -0.3 is 65.1 Å². The predicted molar refractivity (Wildman–Crippen MR) is 295 cm³/mol. The van der Waals surface area contributed by atoms with Crippen LogP contribution >= 0.6 is 0 Å². The van der Waals surface area contributed by atoms with Gasteiger partial charge in [-0.15, -0.1) is 0 Å². The number of nitrogens with one attached hydrogen (secondary N) is 1. The number of amides is 1. The van der Waals surface area contributed by atoms with Crippen LogP contribution in [-0.2, 0) is 23.7 Å². The minimum atomic E-state index is -1.79. The molecule has 0 saturated carbocycles. The fourth-order valence-corrected chi connectivity index (χ4v) is 10.5. The Morgan fingerprint density at radius 3 is 1.24 bits per heavy atom. The smallest absolute Gasteiger partial charge is 0.220 e. The molecule has 2 aliphatic heterocycles. The van der Waals surface area contributed by atoms with Crippen molar-refractivity contribution in [2.24, 2.45) is 0 Å². The van der Waals surface area contributed by atoms with Crippen molar-refractivity contribution in [1.29, 1.82) is 0 Å². The van der Waals surface area contributed by atoms with E-state index in [0.717, 1.165) is 38.5 Å². The van der Waals surface area contributed by atoms with E-state index < -0.39 is 86.8 Å². The summed E-state index contributed by atoms with van der Waals surface area (Å²) in [6.07, 6.45) is 36.8. The molecule has 9 N–H and O–H groups in total. The Kier molecular flexibility index (Phi) is 43.4. The van der Waals surface area contributed by atoms with E-state index in [1.165, 1.54) is 205 Å². The maximum Gasteiger partial charge on any atom is 0.220 e. The Bertz CT molecular complexity index is 1290. The molecule has 14 heteroatoms. The van der Waals surface area contributed by atoms with Gasteiger partial charge in [-0.2, -0.15) is 0 Å². The van der Waals surface area contributed by atoms with E-state index >= 15 is 0 Å². The largest absolute Gasteiger partial charge is 0.394 e. The van der Waals surface area contributed by atoms with Crippen LogP contribution < -0.4 is 5.32 Å². The summed E-state index contributed by atoms with van der Waals surface area (Å²) in [5.41, 5.74) is 0. The van der Waals surface area contributed by atoms with Gasteiger partial charge >= 0.3 is 0 Å². The molecule has 2 saturated heterocycles. The third-order valence-corrected chi connectivity index (χ3v) is 15.5. The molecule has 2 fully saturated rings. The highest BCUT2D eigenvalue weighted by Crippen LogP contribution is 2.30. The fraction of sp³-hybridized carbons (Fsp3) is 0.950. The molecule has 0 aliphatic carbocycles. The maximum absolute atomic E-state index is 13.2. The van der Waals surface area contributed by atoms with Gasteiger partial charge in [0.15, 0.2) is 12.6 Å². The molecule has 74 heavy (non-hydrogen) atoms. The van der Waals surface area contributed by atoms with Crippen LogP contribution in [0.15, 0.2) is 12.2 Å². The normalized spacial score (nSPS) is 25.2. The quantitative estimate of drug-likeness (QED) is 0.0204. The molecule has 0 aromatic heterocycles. The summed E-state index contributed by atoms with van der Waals surface area (Å²) in [6, 6.07) is -0.909. The van der Waals surface area contributed by atoms with Crippen LogP contribution in [0.5, 0.6) is 0 Å². The van der Waals surface area contributed by atoms with Gasteiger partial charge in [-0.1, -0.05) is 257 Å². The van der Waals surface area contributed by atoms with Crippen molar-refractivity contribution in [1.82, 2.24) is 5.32 Å². The number of aliphatic hydroxyl groups excluding tert-OH is 8. The Morgan fingerprint density at radius 2 is 0.838 bits per heavy atom. The number of unbranched alkanes of at least 4 members (excludes halogenated alkanes) is 37. The Morgan fingerprint density at radius 1 is 0.473 bits per heavy atom. The molecular formula is C60H115NO13. The summed E-state index contributed by atoms with van der Waals surface area (Å²) in [4.78, 5) is 13.2. The SMILES string of the molecule is CCCCCCCCCCCCCCCCCCCCCCCC/C=C/C(O)C(COC1OC(CO)C(OC2OC(CO)C(O)C(O)C2O)C(O)C1O)NC(=O)CCCCCCCCCCCCCCCCCC. The Hall–Kier alpha value is -1.27. The van der Waals surface area contributed by atoms with Crippen LogP contribution in [0.4, 0.5) is 0 Å². The molecule has 12 atom stereocenters. The lowest BCUT2D eigenvalue weighted by Crippen LogP contribution is -2.65. The molecule has 12 unspecified atom stereocenters. The lowest BCUT2D eigenvalue weighted by molar-refractivity contribution is -0.359. The van der Waals surface area contributed by atoms with Gasteiger partial charge in [0, 0.05) is 6.42 Å². The number of carbonyl (C=O) groups excluding carboxylic acids is 1. The maximum atomic E-state index is 13.2. The number of hydrogen-bond donors (Lipinski definition) is 9. The average Bonchev–Trinajstić information content (AvgIpc) is 3.40. The van der Waals surface area contributed by atoms with Crippen LogP contribution in [0.2, 0.25) is 0 Å². The first-order valence-corrected chi connectivity index (χ1v) is 30.9. The van der Waals surface area contributed by atoms with E-state index in [1.54, 1.807) is 6.08 Å². The molecule has 2 aliphatic rings. The zero-order chi connectivity index (χ0) is 53.9. The minimum Gasteiger partial charge on any atom is -0.394 e. The number of allylic oxidation sites excluding steroid dienone is 1. The molecule has 2 rings (SSSR count). The third-order valence-electron chi connectivity index (χ3n) is 15.5. The second kappa shape index (κ2) is 46.6. The van der Waals surface area contributed by atoms with Crippen molar-refractivity contribution in [2.75, 3.05) is 19.8 Å². The van der Waals surface area contributed by atoms with Crippen molar-refractivity contribution in [3.63, 3.8) is 0 Å². The molecule has 0 spiro atoms. The number of aliphatic hydroxyl groups is 8. The summed E-state index contributed by atoms with van der Waals surface area (Å²) in [6.45, 7) is 2.83.